The topological polar surface area (TPSA) is 108 Å². The van der Waals surface area contributed by atoms with Crippen molar-refractivity contribution in [3.63, 3.8) is 0 Å². The molecule has 0 spiro atoms. The molecule has 0 amide bonds. The average Bonchev–Trinajstić information content (AvgIpc) is 2.78. The second-order valence-corrected chi connectivity index (χ2v) is 10.3. The number of carboxylic acid groups (broad SMARTS) is 1. The minimum Gasteiger partial charge on any atom is -0.481 e. The number of benzene rings is 2. The molecule has 6 nitrogen and oxygen atoms in total. The summed E-state index contributed by atoms with van der Waals surface area (Å²) < 4.78 is 42.2. The lowest BCUT2D eigenvalue weighted by atomic mass is 9.92. The standard InChI is InChI=1S/C26H24F2NO5P/c1-16(2)25-21(12-13-35(33,34)15-20(30)14-22(31)32)23(17-8-10-19(27)11-9-17)24(28)26(29-25)18-6-4-3-5-7-18/h3-11,16,20,30H,14-15H2,1-2H3,(H,31,32)(H,33,34)/t20-/m1/s1. The summed E-state index contributed by atoms with van der Waals surface area (Å²) in [4.78, 5) is 25.5. The van der Waals surface area contributed by atoms with Gasteiger partial charge in [0.15, 0.2) is 5.82 Å². The highest BCUT2D eigenvalue weighted by molar-refractivity contribution is 7.63. The molecule has 2 atom stereocenters. The van der Waals surface area contributed by atoms with Crippen molar-refractivity contribution in [2.24, 2.45) is 0 Å². The Morgan fingerprint density at radius 2 is 1.69 bits per heavy atom. The molecule has 0 fully saturated rings. The van der Waals surface area contributed by atoms with Gasteiger partial charge in [-0.05, 0) is 29.3 Å². The first kappa shape index (κ1) is 26.2. The Morgan fingerprint density at radius 1 is 1.06 bits per heavy atom. The van der Waals surface area contributed by atoms with E-state index in [1.54, 1.807) is 30.3 Å². The third-order valence-corrected chi connectivity index (χ3v) is 6.49. The summed E-state index contributed by atoms with van der Waals surface area (Å²) in [6, 6.07) is 13.7. The number of halogens is 2. The fourth-order valence-corrected chi connectivity index (χ4v) is 4.62. The van der Waals surface area contributed by atoms with E-state index in [1.165, 1.54) is 24.3 Å². The van der Waals surface area contributed by atoms with Crippen molar-refractivity contribution >= 4 is 13.3 Å². The Balaban J connectivity index is 2.25. The Labute approximate surface area is 201 Å². The van der Waals surface area contributed by atoms with Crippen molar-refractivity contribution in [1.29, 1.82) is 0 Å². The molecule has 9 heteroatoms. The molecule has 1 unspecified atom stereocenters. The van der Waals surface area contributed by atoms with Crippen molar-refractivity contribution in [2.45, 2.75) is 32.3 Å². The molecule has 0 saturated carbocycles. The summed E-state index contributed by atoms with van der Waals surface area (Å²) in [6.07, 6.45) is -3.05. The van der Waals surface area contributed by atoms with E-state index in [0.717, 1.165) is 0 Å². The number of carbonyl (C=O) groups is 1. The lowest BCUT2D eigenvalue weighted by Crippen LogP contribution is -2.17. The van der Waals surface area contributed by atoms with E-state index in [9.17, 15) is 23.7 Å². The molecule has 0 aliphatic rings. The first-order valence-electron chi connectivity index (χ1n) is 10.8. The maximum Gasteiger partial charge on any atom is 0.305 e. The predicted octanol–water partition coefficient (Wildman–Crippen LogP) is 5.23. The van der Waals surface area contributed by atoms with Crippen LogP contribution in [0, 0.1) is 23.2 Å². The number of nitrogens with zero attached hydrogens (tertiary/aromatic N) is 1. The van der Waals surface area contributed by atoms with Gasteiger partial charge in [0.2, 0.25) is 0 Å². The van der Waals surface area contributed by atoms with Crippen LogP contribution in [-0.2, 0) is 9.36 Å². The Kier molecular flexibility index (Phi) is 8.18. The lowest BCUT2D eigenvalue weighted by Gasteiger charge is -2.17. The third-order valence-electron chi connectivity index (χ3n) is 5.12. The average molecular weight is 499 g/mol. The molecular weight excluding hydrogens is 475 g/mol. The van der Waals surface area contributed by atoms with Crippen LogP contribution in [-0.4, -0.2) is 38.3 Å². The molecule has 1 heterocycles. The summed E-state index contributed by atoms with van der Waals surface area (Å²) in [6.45, 7) is 3.62. The molecule has 35 heavy (non-hydrogen) atoms. The molecule has 0 aliphatic heterocycles. The maximum atomic E-state index is 16.0. The molecule has 2 aromatic carbocycles. The molecule has 0 bridgehead atoms. The van der Waals surface area contributed by atoms with E-state index in [1.807, 2.05) is 13.8 Å². The minimum atomic E-state index is -4.31. The zero-order valence-corrected chi connectivity index (χ0v) is 20.0. The fraction of sp³-hybridized carbons (Fsp3) is 0.231. The van der Waals surface area contributed by atoms with E-state index >= 15 is 4.39 Å². The quantitative estimate of drug-likeness (QED) is 0.304. The first-order valence-corrected chi connectivity index (χ1v) is 12.6. The van der Waals surface area contributed by atoms with Gasteiger partial charge >= 0.3 is 5.97 Å². The number of aliphatic hydroxyl groups excluding tert-OH is 1. The molecule has 0 radical (unpaired) electrons. The normalized spacial score (nSPS) is 13.6. The van der Waals surface area contributed by atoms with Crippen LogP contribution in [0.5, 0.6) is 0 Å². The third kappa shape index (κ3) is 6.61. The summed E-state index contributed by atoms with van der Waals surface area (Å²) in [5, 5.41) is 18.5. The molecule has 3 N–H and O–H groups in total. The van der Waals surface area contributed by atoms with Gasteiger partial charge in [-0.25, -0.2) is 13.8 Å². The number of aliphatic hydroxyl groups is 1. The van der Waals surface area contributed by atoms with Crippen LogP contribution in [0.1, 0.15) is 37.4 Å². The van der Waals surface area contributed by atoms with Gasteiger partial charge in [-0.2, -0.15) is 0 Å². The Morgan fingerprint density at radius 3 is 2.26 bits per heavy atom. The monoisotopic (exact) mass is 499 g/mol. The van der Waals surface area contributed by atoms with Crippen molar-refractivity contribution in [2.75, 3.05) is 6.16 Å². The van der Waals surface area contributed by atoms with Crippen LogP contribution in [0.4, 0.5) is 8.78 Å². The van der Waals surface area contributed by atoms with Gasteiger partial charge < -0.3 is 15.1 Å². The molecule has 0 aliphatic carbocycles. The highest BCUT2D eigenvalue weighted by atomic mass is 31.2. The summed E-state index contributed by atoms with van der Waals surface area (Å²) in [7, 11) is -4.31. The molecule has 182 valence electrons. The van der Waals surface area contributed by atoms with E-state index in [-0.39, 0.29) is 22.7 Å². The van der Waals surface area contributed by atoms with Gasteiger partial charge in [0, 0.05) is 11.1 Å². The minimum absolute atomic E-state index is 0.00105. The van der Waals surface area contributed by atoms with Gasteiger partial charge in [-0.1, -0.05) is 62.2 Å². The van der Waals surface area contributed by atoms with Crippen LogP contribution in [0.15, 0.2) is 54.6 Å². The fourth-order valence-electron chi connectivity index (χ4n) is 3.54. The second kappa shape index (κ2) is 10.9. The van der Waals surface area contributed by atoms with E-state index in [2.05, 4.69) is 16.6 Å². The first-order chi connectivity index (χ1) is 16.5. The highest BCUT2D eigenvalue weighted by Gasteiger charge is 2.25. The van der Waals surface area contributed by atoms with Crippen LogP contribution >= 0.6 is 7.37 Å². The van der Waals surface area contributed by atoms with Crippen LogP contribution < -0.4 is 0 Å². The second-order valence-electron chi connectivity index (χ2n) is 8.31. The Hall–Kier alpha value is -3.37. The number of rotatable bonds is 7. The van der Waals surface area contributed by atoms with Crippen LogP contribution in [0.25, 0.3) is 22.4 Å². The van der Waals surface area contributed by atoms with E-state index < -0.39 is 43.7 Å². The zero-order valence-electron chi connectivity index (χ0n) is 19.1. The number of aromatic nitrogens is 1. The van der Waals surface area contributed by atoms with Crippen LogP contribution in [0.3, 0.4) is 0 Å². The van der Waals surface area contributed by atoms with Crippen LogP contribution in [0.2, 0.25) is 0 Å². The summed E-state index contributed by atoms with van der Waals surface area (Å²) in [5.41, 5.74) is 3.51. The van der Waals surface area contributed by atoms with Gasteiger partial charge in [-0.15, -0.1) is 0 Å². The van der Waals surface area contributed by atoms with Crippen molar-refractivity contribution in [1.82, 2.24) is 4.98 Å². The van der Waals surface area contributed by atoms with Crippen molar-refractivity contribution < 1.29 is 33.2 Å². The SMILES string of the molecule is CC(C)c1nc(-c2ccccc2)c(F)c(-c2ccc(F)cc2)c1C#CP(=O)(O)C[C@H](O)CC(=O)O. The van der Waals surface area contributed by atoms with E-state index in [4.69, 9.17) is 5.11 Å². The van der Waals surface area contributed by atoms with Crippen molar-refractivity contribution in [3.8, 4) is 34.0 Å². The number of hydrogen-bond acceptors (Lipinski definition) is 4. The Bertz CT molecular complexity index is 1330. The largest absolute Gasteiger partial charge is 0.481 e. The number of pyridine rings is 1. The van der Waals surface area contributed by atoms with Gasteiger partial charge in [0.1, 0.15) is 11.5 Å². The van der Waals surface area contributed by atoms with E-state index in [0.29, 0.717) is 16.8 Å². The molecular formula is C26H24F2NO5P. The van der Waals surface area contributed by atoms with Gasteiger partial charge in [0.05, 0.1) is 29.9 Å². The molecule has 3 rings (SSSR count). The number of hydrogen-bond donors (Lipinski definition) is 3. The predicted molar refractivity (Wildman–Crippen MR) is 129 cm³/mol. The number of aliphatic carboxylic acids is 1. The molecule has 1 aromatic heterocycles. The highest BCUT2D eigenvalue weighted by Crippen LogP contribution is 2.41. The summed E-state index contributed by atoms with van der Waals surface area (Å²) in [5.74, 6) is -0.259. The zero-order chi connectivity index (χ0) is 25.8. The molecule has 0 saturated heterocycles. The number of carboxylic acids is 1. The summed E-state index contributed by atoms with van der Waals surface area (Å²) >= 11 is 0. The smallest absolute Gasteiger partial charge is 0.305 e. The van der Waals surface area contributed by atoms with Gasteiger partial charge in [0.25, 0.3) is 7.37 Å². The lowest BCUT2D eigenvalue weighted by molar-refractivity contribution is -0.138. The molecule has 3 aromatic rings. The van der Waals surface area contributed by atoms with Crippen molar-refractivity contribution in [3.05, 3.63) is 77.5 Å². The van der Waals surface area contributed by atoms with Gasteiger partial charge in [-0.3, -0.25) is 9.36 Å². The maximum absolute atomic E-state index is 16.0.